The highest BCUT2D eigenvalue weighted by Crippen LogP contribution is 2.27. The maximum atomic E-state index is 12.3. The van der Waals surface area contributed by atoms with E-state index < -0.39 is 43.6 Å². The first-order valence-electron chi connectivity index (χ1n) is 4.59. The fourth-order valence-corrected chi connectivity index (χ4v) is 1.10. The molecule has 0 aliphatic rings. The molecule has 0 aromatic heterocycles. The van der Waals surface area contributed by atoms with Crippen molar-refractivity contribution in [1.82, 2.24) is 4.90 Å². The van der Waals surface area contributed by atoms with Crippen LogP contribution in [0.1, 0.15) is 6.42 Å². The van der Waals surface area contributed by atoms with Crippen molar-refractivity contribution in [2.24, 2.45) is 11.7 Å². The standard InChI is InChI=1S/C8H13F6N3/c1-17(3-2-7(9,10)11)4-5(6(15)16)8(12,13)14/h5H,2-4H2,1H3,(H3,15,16). The minimum Gasteiger partial charge on any atom is -0.387 e. The fourth-order valence-electron chi connectivity index (χ4n) is 1.10. The van der Waals surface area contributed by atoms with Crippen LogP contribution in [-0.4, -0.2) is 43.2 Å². The molecule has 9 heteroatoms. The third-order valence-electron chi connectivity index (χ3n) is 2.04. The third-order valence-corrected chi connectivity index (χ3v) is 2.04. The van der Waals surface area contributed by atoms with E-state index in [2.05, 4.69) is 0 Å². The van der Waals surface area contributed by atoms with Gasteiger partial charge in [-0.05, 0) is 7.05 Å². The predicted octanol–water partition coefficient (Wildman–Crippen LogP) is 1.99. The van der Waals surface area contributed by atoms with Gasteiger partial charge in [0.15, 0.2) is 0 Å². The second kappa shape index (κ2) is 5.56. The monoisotopic (exact) mass is 265 g/mol. The van der Waals surface area contributed by atoms with Crippen LogP contribution in [-0.2, 0) is 0 Å². The van der Waals surface area contributed by atoms with Crippen LogP contribution in [0, 0.1) is 11.3 Å². The molecule has 3 N–H and O–H groups in total. The maximum Gasteiger partial charge on any atom is 0.399 e. The Morgan fingerprint density at radius 1 is 1.24 bits per heavy atom. The summed E-state index contributed by atoms with van der Waals surface area (Å²) in [6.45, 7) is -1.32. The lowest BCUT2D eigenvalue weighted by Crippen LogP contribution is -2.43. The summed E-state index contributed by atoms with van der Waals surface area (Å²) >= 11 is 0. The summed E-state index contributed by atoms with van der Waals surface area (Å²) in [5.74, 6) is -3.34. The first kappa shape index (κ1) is 16.0. The first-order valence-corrected chi connectivity index (χ1v) is 4.59. The average molecular weight is 265 g/mol. The van der Waals surface area contributed by atoms with Crippen molar-refractivity contribution in [3.8, 4) is 0 Å². The van der Waals surface area contributed by atoms with Gasteiger partial charge in [-0.3, -0.25) is 5.41 Å². The molecule has 0 amide bonds. The number of amidine groups is 1. The Labute approximate surface area is 94.1 Å². The minimum atomic E-state index is -4.72. The smallest absolute Gasteiger partial charge is 0.387 e. The molecule has 0 spiro atoms. The molecule has 0 saturated heterocycles. The van der Waals surface area contributed by atoms with Crippen LogP contribution in [0.5, 0.6) is 0 Å². The third kappa shape index (κ3) is 7.03. The lowest BCUT2D eigenvalue weighted by atomic mass is 10.1. The van der Waals surface area contributed by atoms with E-state index in [-0.39, 0.29) is 0 Å². The Kier molecular flexibility index (Phi) is 5.24. The number of alkyl halides is 6. The van der Waals surface area contributed by atoms with Crippen molar-refractivity contribution >= 4 is 5.84 Å². The Bertz CT molecular complexity index is 259. The van der Waals surface area contributed by atoms with E-state index in [1.807, 2.05) is 0 Å². The van der Waals surface area contributed by atoms with E-state index in [0.717, 1.165) is 11.9 Å². The van der Waals surface area contributed by atoms with Crippen LogP contribution >= 0.6 is 0 Å². The highest BCUT2D eigenvalue weighted by Gasteiger charge is 2.42. The fraction of sp³-hybridized carbons (Fsp3) is 0.875. The molecule has 0 rings (SSSR count). The normalized spacial score (nSPS) is 15.1. The van der Waals surface area contributed by atoms with Crippen molar-refractivity contribution in [2.75, 3.05) is 20.1 Å². The quantitative estimate of drug-likeness (QED) is 0.453. The number of halogens is 6. The zero-order valence-electron chi connectivity index (χ0n) is 8.99. The van der Waals surface area contributed by atoms with Gasteiger partial charge in [0.05, 0.1) is 6.42 Å². The van der Waals surface area contributed by atoms with Gasteiger partial charge in [0, 0.05) is 13.1 Å². The van der Waals surface area contributed by atoms with Gasteiger partial charge in [0.1, 0.15) is 11.8 Å². The average Bonchev–Trinajstić information content (AvgIpc) is 2.07. The molecule has 3 nitrogen and oxygen atoms in total. The second-order valence-electron chi connectivity index (χ2n) is 3.68. The molecule has 0 aromatic carbocycles. The number of nitrogens with one attached hydrogen (secondary N) is 1. The van der Waals surface area contributed by atoms with Crippen molar-refractivity contribution in [3.05, 3.63) is 0 Å². The summed E-state index contributed by atoms with van der Waals surface area (Å²) in [5, 5.41) is 6.76. The molecule has 0 aliphatic heterocycles. The van der Waals surface area contributed by atoms with Crippen LogP contribution in [0.4, 0.5) is 26.3 Å². The minimum absolute atomic E-state index is 0.566. The van der Waals surface area contributed by atoms with E-state index >= 15 is 0 Å². The largest absolute Gasteiger partial charge is 0.399 e. The van der Waals surface area contributed by atoms with Gasteiger partial charge in [-0.25, -0.2) is 0 Å². The van der Waals surface area contributed by atoms with Crippen molar-refractivity contribution in [3.63, 3.8) is 0 Å². The van der Waals surface area contributed by atoms with Crippen LogP contribution in [0.3, 0.4) is 0 Å². The molecule has 0 saturated carbocycles. The van der Waals surface area contributed by atoms with Crippen LogP contribution in [0.2, 0.25) is 0 Å². The zero-order valence-corrected chi connectivity index (χ0v) is 8.99. The summed E-state index contributed by atoms with van der Waals surface area (Å²) in [4.78, 5) is 0.854. The van der Waals surface area contributed by atoms with E-state index in [1.165, 1.54) is 0 Å². The number of hydrogen-bond acceptors (Lipinski definition) is 2. The van der Waals surface area contributed by atoms with Gasteiger partial charge in [-0.15, -0.1) is 0 Å². The first-order chi connectivity index (χ1) is 7.43. The van der Waals surface area contributed by atoms with Gasteiger partial charge < -0.3 is 10.6 Å². The summed E-state index contributed by atoms with van der Waals surface area (Å²) in [6.07, 6.45) is -10.3. The molecule has 0 heterocycles. The molecular formula is C8H13F6N3. The highest BCUT2D eigenvalue weighted by atomic mass is 19.4. The molecule has 0 aromatic rings. The van der Waals surface area contributed by atoms with Gasteiger partial charge in [0.2, 0.25) is 0 Å². The molecule has 0 fully saturated rings. The van der Waals surface area contributed by atoms with Crippen molar-refractivity contribution in [2.45, 2.75) is 18.8 Å². The van der Waals surface area contributed by atoms with E-state index in [0.29, 0.717) is 0 Å². The summed E-state index contributed by atoms with van der Waals surface area (Å²) in [7, 11) is 1.12. The van der Waals surface area contributed by atoms with Gasteiger partial charge in [-0.1, -0.05) is 0 Å². The number of hydrogen-bond donors (Lipinski definition) is 2. The molecule has 17 heavy (non-hydrogen) atoms. The SMILES string of the molecule is CN(CCC(F)(F)F)CC(C(=N)N)C(F)(F)F. The van der Waals surface area contributed by atoms with Gasteiger partial charge in [-0.2, -0.15) is 26.3 Å². The Morgan fingerprint density at radius 3 is 2.00 bits per heavy atom. The maximum absolute atomic E-state index is 12.3. The Morgan fingerprint density at radius 2 is 1.71 bits per heavy atom. The second-order valence-corrected chi connectivity index (χ2v) is 3.68. The molecule has 0 aliphatic carbocycles. The lowest BCUT2D eigenvalue weighted by molar-refractivity contribution is -0.161. The van der Waals surface area contributed by atoms with Crippen LogP contribution in [0.25, 0.3) is 0 Å². The molecule has 1 atom stereocenters. The molecule has 102 valence electrons. The highest BCUT2D eigenvalue weighted by molar-refractivity contribution is 5.80. The summed E-state index contributed by atoms with van der Waals surface area (Å²) in [5.41, 5.74) is 4.77. The van der Waals surface area contributed by atoms with Gasteiger partial charge >= 0.3 is 12.4 Å². The molecule has 1 unspecified atom stereocenters. The topological polar surface area (TPSA) is 53.1 Å². The van der Waals surface area contributed by atoms with Crippen LogP contribution in [0.15, 0.2) is 0 Å². The zero-order chi connectivity index (χ0) is 13.9. The van der Waals surface area contributed by atoms with Gasteiger partial charge in [0.25, 0.3) is 0 Å². The van der Waals surface area contributed by atoms with Crippen molar-refractivity contribution < 1.29 is 26.3 Å². The number of rotatable bonds is 5. The summed E-state index contributed by atoms with van der Waals surface area (Å²) < 4.78 is 72.5. The Balaban J connectivity index is 4.34. The number of nitrogens with two attached hydrogens (primary N) is 1. The van der Waals surface area contributed by atoms with E-state index in [4.69, 9.17) is 11.1 Å². The van der Waals surface area contributed by atoms with Crippen LogP contribution < -0.4 is 5.73 Å². The molecule has 0 radical (unpaired) electrons. The van der Waals surface area contributed by atoms with Crippen molar-refractivity contribution in [1.29, 1.82) is 5.41 Å². The predicted molar refractivity (Wildman–Crippen MR) is 49.6 cm³/mol. The number of nitrogens with zero attached hydrogens (tertiary/aromatic N) is 1. The lowest BCUT2D eigenvalue weighted by Gasteiger charge is -2.25. The van der Waals surface area contributed by atoms with E-state index in [1.54, 1.807) is 0 Å². The van der Waals surface area contributed by atoms with E-state index in [9.17, 15) is 26.3 Å². The molecular weight excluding hydrogens is 252 g/mol. The molecule has 0 bridgehead atoms. The summed E-state index contributed by atoms with van der Waals surface area (Å²) in [6, 6.07) is 0. The Hall–Kier alpha value is -0.990.